The molecule has 2 aliphatic rings. The van der Waals surface area contributed by atoms with E-state index in [0.29, 0.717) is 18.1 Å². The molecule has 0 aliphatic heterocycles. The molecule has 0 bridgehead atoms. The summed E-state index contributed by atoms with van der Waals surface area (Å²) in [7, 11) is 2.02. The van der Waals surface area contributed by atoms with Gasteiger partial charge in [0.25, 0.3) is 0 Å². The molecule has 0 spiro atoms. The fourth-order valence-corrected chi connectivity index (χ4v) is 3.19. The Bertz CT molecular complexity index is 256. The van der Waals surface area contributed by atoms with Crippen molar-refractivity contribution in [2.24, 2.45) is 0 Å². The van der Waals surface area contributed by atoms with Crippen molar-refractivity contribution in [3.8, 4) is 0 Å². The minimum absolute atomic E-state index is 0.0507. The number of hydrogen-bond donors (Lipinski definition) is 3. The quantitative estimate of drug-likeness (QED) is 0.722. The normalized spacial score (nSPS) is 29.8. The molecule has 2 rings (SSSR count). The predicted octanol–water partition coefficient (Wildman–Crippen LogP) is 2.15. The molecule has 0 saturated heterocycles. The summed E-state index contributed by atoms with van der Waals surface area (Å²) < 4.78 is 0. The van der Waals surface area contributed by atoms with Crippen molar-refractivity contribution in [2.45, 2.75) is 75.9 Å². The predicted molar refractivity (Wildman–Crippen MR) is 73.6 cm³/mol. The minimum Gasteiger partial charge on any atom is -0.335 e. The zero-order valence-electron chi connectivity index (χ0n) is 11.5. The van der Waals surface area contributed by atoms with E-state index >= 15 is 0 Å². The third-order valence-corrected chi connectivity index (χ3v) is 4.41. The van der Waals surface area contributed by atoms with Crippen LogP contribution in [-0.2, 0) is 0 Å². The highest BCUT2D eigenvalue weighted by molar-refractivity contribution is 5.74. The summed E-state index contributed by atoms with van der Waals surface area (Å²) >= 11 is 0. The second kappa shape index (κ2) is 6.98. The van der Waals surface area contributed by atoms with E-state index in [4.69, 9.17) is 0 Å². The zero-order chi connectivity index (χ0) is 12.8. The third-order valence-electron chi connectivity index (χ3n) is 4.41. The van der Waals surface area contributed by atoms with Gasteiger partial charge in [-0.05, 0) is 45.6 Å². The van der Waals surface area contributed by atoms with Crippen molar-refractivity contribution in [1.82, 2.24) is 16.0 Å². The van der Waals surface area contributed by atoms with E-state index in [9.17, 15) is 4.79 Å². The van der Waals surface area contributed by atoms with Gasteiger partial charge in [0.2, 0.25) is 0 Å². The fourth-order valence-electron chi connectivity index (χ4n) is 3.19. The molecule has 4 heteroatoms. The maximum Gasteiger partial charge on any atom is 0.315 e. The van der Waals surface area contributed by atoms with Crippen LogP contribution in [0.25, 0.3) is 0 Å². The van der Waals surface area contributed by atoms with E-state index in [1.165, 1.54) is 32.1 Å². The van der Waals surface area contributed by atoms with E-state index < -0.39 is 0 Å². The van der Waals surface area contributed by atoms with E-state index in [-0.39, 0.29) is 6.03 Å². The topological polar surface area (TPSA) is 53.2 Å². The van der Waals surface area contributed by atoms with Crippen LogP contribution in [0.15, 0.2) is 0 Å². The van der Waals surface area contributed by atoms with Gasteiger partial charge in [0.1, 0.15) is 0 Å². The van der Waals surface area contributed by atoms with Gasteiger partial charge in [0.05, 0.1) is 0 Å². The Labute approximate surface area is 110 Å². The molecule has 0 aromatic carbocycles. The molecule has 2 saturated carbocycles. The van der Waals surface area contributed by atoms with Gasteiger partial charge >= 0.3 is 6.03 Å². The summed E-state index contributed by atoms with van der Waals surface area (Å²) in [6, 6.07) is 1.48. The highest BCUT2D eigenvalue weighted by Gasteiger charge is 2.22. The second-order valence-corrected chi connectivity index (χ2v) is 5.79. The summed E-state index contributed by atoms with van der Waals surface area (Å²) in [5.74, 6) is 0. The molecule has 2 amide bonds. The molecule has 18 heavy (non-hydrogen) atoms. The van der Waals surface area contributed by atoms with Gasteiger partial charge in [0.15, 0.2) is 0 Å². The van der Waals surface area contributed by atoms with Crippen molar-refractivity contribution in [2.75, 3.05) is 7.05 Å². The first-order valence-electron chi connectivity index (χ1n) is 7.52. The first-order chi connectivity index (χ1) is 8.78. The summed E-state index contributed by atoms with van der Waals surface area (Å²) in [6.07, 6.45) is 10.7. The van der Waals surface area contributed by atoms with E-state index in [0.717, 1.165) is 25.7 Å². The molecular weight excluding hydrogens is 226 g/mol. The highest BCUT2D eigenvalue weighted by atomic mass is 16.2. The van der Waals surface area contributed by atoms with E-state index in [1.54, 1.807) is 0 Å². The number of urea groups is 1. The van der Waals surface area contributed by atoms with Crippen LogP contribution in [0, 0.1) is 0 Å². The van der Waals surface area contributed by atoms with E-state index in [2.05, 4.69) is 16.0 Å². The van der Waals surface area contributed by atoms with Crippen molar-refractivity contribution >= 4 is 6.03 Å². The van der Waals surface area contributed by atoms with Crippen LogP contribution in [0.1, 0.15) is 57.8 Å². The number of carbonyl (C=O) groups excluding carboxylic acids is 1. The van der Waals surface area contributed by atoms with Crippen molar-refractivity contribution < 1.29 is 4.79 Å². The lowest BCUT2D eigenvalue weighted by atomic mass is 9.91. The summed E-state index contributed by atoms with van der Waals surface area (Å²) in [5, 5.41) is 9.57. The Kier molecular flexibility index (Phi) is 5.29. The average molecular weight is 253 g/mol. The van der Waals surface area contributed by atoms with Crippen LogP contribution in [0.2, 0.25) is 0 Å². The first-order valence-corrected chi connectivity index (χ1v) is 7.52. The maximum atomic E-state index is 11.9. The highest BCUT2D eigenvalue weighted by Crippen LogP contribution is 2.19. The molecule has 2 fully saturated rings. The Hall–Kier alpha value is -0.770. The molecular formula is C14H27N3O. The Balaban J connectivity index is 1.65. The fraction of sp³-hybridized carbons (Fsp3) is 0.929. The maximum absolute atomic E-state index is 11.9. The van der Waals surface area contributed by atoms with E-state index in [1.807, 2.05) is 7.05 Å². The lowest BCUT2D eigenvalue weighted by Crippen LogP contribution is -2.48. The Morgan fingerprint density at radius 1 is 0.778 bits per heavy atom. The van der Waals surface area contributed by atoms with Crippen LogP contribution in [-0.4, -0.2) is 31.2 Å². The number of nitrogens with one attached hydrogen (secondary N) is 3. The van der Waals surface area contributed by atoms with Gasteiger partial charge in [-0.3, -0.25) is 0 Å². The van der Waals surface area contributed by atoms with Crippen molar-refractivity contribution in [3.63, 3.8) is 0 Å². The standard InChI is InChI=1S/C14H27N3O/c1-15-11-7-9-13(10-8-11)17-14(18)16-12-5-3-2-4-6-12/h11-13,15H,2-10H2,1H3,(H2,16,17,18). The lowest BCUT2D eigenvalue weighted by molar-refractivity contribution is 0.222. The number of rotatable bonds is 3. The number of carbonyl (C=O) groups is 1. The molecule has 104 valence electrons. The zero-order valence-corrected chi connectivity index (χ0v) is 11.5. The Morgan fingerprint density at radius 3 is 1.83 bits per heavy atom. The molecule has 2 aliphatic carbocycles. The molecule has 4 nitrogen and oxygen atoms in total. The summed E-state index contributed by atoms with van der Waals surface area (Å²) in [6.45, 7) is 0. The third kappa shape index (κ3) is 4.16. The Morgan fingerprint density at radius 2 is 1.28 bits per heavy atom. The van der Waals surface area contributed by atoms with Crippen LogP contribution in [0.5, 0.6) is 0 Å². The van der Waals surface area contributed by atoms with Gasteiger partial charge in [0, 0.05) is 18.1 Å². The number of amides is 2. The largest absolute Gasteiger partial charge is 0.335 e. The summed E-state index contributed by atoms with van der Waals surface area (Å²) in [4.78, 5) is 11.9. The van der Waals surface area contributed by atoms with Crippen LogP contribution < -0.4 is 16.0 Å². The van der Waals surface area contributed by atoms with Crippen LogP contribution in [0.4, 0.5) is 4.79 Å². The van der Waals surface area contributed by atoms with Gasteiger partial charge in [-0.15, -0.1) is 0 Å². The van der Waals surface area contributed by atoms with Gasteiger partial charge < -0.3 is 16.0 Å². The molecule has 0 aromatic heterocycles. The smallest absolute Gasteiger partial charge is 0.315 e. The summed E-state index contributed by atoms with van der Waals surface area (Å²) in [5.41, 5.74) is 0. The average Bonchev–Trinajstić information content (AvgIpc) is 2.40. The molecule has 0 heterocycles. The molecule has 0 atom stereocenters. The van der Waals surface area contributed by atoms with Gasteiger partial charge in [-0.1, -0.05) is 19.3 Å². The molecule has 3 N–H and O–H groups in total. The lowest BCUT2D eigenvalue weighted by Gasteiger charge is -2.30. The molecule has 0 aromatic rings. The monoisotopic (exact) mass is 253 g/mol. The van der Waals surface area contributed by atoms with Gasteiger partial charge in [-0.2, -0.15) is 0 Å². The minimum atomic E-state index is 0.0507. The van der Waals surface area contributed by atoms with Crippen molar-refractivity contribution in [3.05, 3.63) is 0 Å². The first kappa shape index (κ1) is 13.7. The number of hydrogen-bond acceptors (Lipinski definition) is 2. The SMILES string of the molecule is CNC1CCC(NC(=O)NC2CCCCC2)CC1. The van der Waals surface area contributed by atoms with Crippen molar-refractivity contribution in [1.29, 1.82) is 0 Å². The molecule has 0 radical (unpaired) electrons. The van der Waals surface area contributed by atoms with Crippen LogP contribution in [0.3, 0.4) is 0 Å². The second-order valence-electron chi connectivity index (χ2n) is 5.79. The van der Waals surface area contributed by atoms with Gasteiger partial charge in [-0.25, -0.2) is 4.79 Å². The molecule has 0 unspecified atom stereocenters. The van der Waals surface area contributed by atoms with Crippen LogP contribution >= 0.6 is 0 Å².